The zero-order chi connectivity index (χ0) is 17.7. The Balaban J connectivity index is 1.57. The molecule has 7 nitrogen and oxygen atoms in total. The van der Waals surface area contributed by atoms with E-state index in [1.54, 1.807) is 0 Å². The lowest BCUT2D eigenvalue weighted by Crippen LogP contribution is -2.26. The standard InChI is InChI=1S/C19H23N7/c1-12-19(13-5-6-22-16(7-13)20-2)26-17(23-12)3-4-18(24-26)25-10-14-8-21-9-15(14)11-25/h3-7,14-15,21H,8-11H2,1-2H3,(H,20,22). The van der Waals surface area contributed by atoms with Crippen LogP contribution in [-0.2, 0) is 0 Å². The number of aryl methyl sites for hydroxylation is 1. The minimum atomic E-state index is 0.745. The van der Waals surface area contributed by atoms with Gasteiger partial charge in [0.2, 0.25) is 0 Å². The van der Waals surface area contributed by atoms with Gasteiger partial charge in [-0.25, -0.2) is 14.5 Å². The molecule has 26 heavy (non-hydrogen) atoms. The van der Waals surface area contributed by atoms with Crippen LogP contribution in [0.15, 0.2) is 30.5 Å². The van der Waals surface area contributed by atoms with Crippen LogP contribution in [0.5, 0.6) is 0 Å². The van der Waals surface area contributed by atoms with Gasteiger partial charge in [-0.05, 0) is 43.0 Å². The van der Waals surface area contributed by atoms with E-state index in [0.29, 0.717) is 0 Å². The second-order valence-electron chi connectivity index (χ2n) is 7.27. The van der Waals surface area contributed by atoms with E-state index in [1.807, 2.05) is 36.8 Å². The molecule has 0 saturated carbocycles. The van der Waals surface area contributed by atoms with Gasteiger partial charge in [-0.2, -0.15) is 0 Å². The zero-order valence-electron chi connectivity index (χ0n) is 15.1. The summed E-state index contributed by atoms with van der Waals surface area (Å²) in [4.78, 5) is 11.4. The third-order valence-electron chi connectivity index (χ3n) is 5.64. The molecule has 2 unspecified atom stereocenters. The molecule has 7 heteroatoms. The Kier molecular flexibility index (Phi) is 3.56. The maximum Gasteiger partial charge on any atom is 0.154 e. The molecule has 2 aliphatic heterocycles. The molecule has 2 saturated heterocycles. The Morgan fingerprint density at radius 3 is 2.73 bits per heavy atom. The highest BCUT2D eigenvalue weighted by atomic mass is 15.3. The first-order valence-electron chi connectivity index (χ1n) is 9.19. The third-order valence-corrected chi connectivity index (χ3v) is 5.64. The van der Waals surface area contributed by atoms with Crippen molar-refractivity contribution in [2.75, 3.05) is 43.4 Å². The van der Waals surface area contributed by atoms with Crippen LogP contribution in [-0.4, -0.2) is 52.8 Å². The third kappa shape index (κ3) is 2.42. The van der Waals surface area contributed by atoms with Gasteiger partial charge in [0.25, 0.3) is 0 Å². The van der Waals surface area contributed by atoms with Crippen molar-refractivity contribution in [3.05, 3.63) is 36.2 Å². The molecular formula is C19H23N7. The number of hydrogen-bond acceptors (Lipinski definition) is 6. The van der Waals surface area contributed by atoms with Gasteiger partial charge in [0.1, 0.15) is 11.6 Å². The van der Waals surface area contributed by atoms with E-state index in [2.05, 4.69) is 32.7 Å². The maximum absolute atomic E-state index is 4.96. The fourth-order valence-electron chi connectivity index (χ4n) is 4.29. The minimum absolute atomic E-state index is 0.745. The van der Waals surface area contributed by atoms with Gasteiger partial charge in [-0.3, -0.25) is 0 Å². The first kappa shape index (κ1) is 15.6. The average molecular weight is 349 g/mol. The van der Waals surface area contributed by atoms with Crippen molar-refractivity contribution >= 4 is 17.3 Å². The van der Waals surface area contributed by atoms with E-state index in [0.717, 1.165) is 72.2 Å². The Labute approximate surface area is 152 Å². The molecular weight excluding hydrogens is 326 g/mol. The number of rotatable bonds is 3. The number of aromatic nitrogens is 4. The monoisotopic (exact) mass is 349 g/mol. The summed E-state index contributed by atoms with van der Waals surface area (Å²) in [5, 5.41) is 11.6. The zero-order valence-corrected chi connectivity index (χ0v) is 15.1. The van der Waals surface area contributed by atoms with Gasteiger partial charge < -0.3 is 15.5 Å². The molecule has 2 atom stereocenters. The molecule has 0 spiro atoms. The molecule has 2 N–H and O–H groups in total. The van der Waals surface area contributed by atoms with Gasteiger partial charge >= 0.3 is 0 Å². The molecule has 0 aliphatic carbocycles. The van der Waals surface area contributed by atoms with Crippen molar-refractivity contribution in [2.24, 2.45) is 11.8 Å². The Bertz CT molecular complexity index is 952. The van der Waals surface area contributed by atoms with E-state index in [-0.39, 0.29) is 0 Å². The van der Waals surface area contributed by atoms with Crippen molar-refractivity contribution in [1.29, 1.82) is 0 Å². The van der Waals surface area contributed by atoms with Crippen LogP contribution in [0, 0.1) is 18.8 Å². The Hall–Kier alpha value is -2.67. The maximum atomic E-state index is 4.96. The van der Waals surface area contributed by atoms with Crippen LogP contribution in [0.3, 0.4) is 0 Å². The van der Waals surface area contributed by atoms with Gasteiger partial charge in [-0.1, -0.05) is 0 Å². The number of anilines is 2. The summed E-state index contributed by atoms with van der Waals surface area (Å²) in [6, 6.07) is 8.23. The van der Waals surface area contributed by atoms with Gasteiger partial charge in [-0.15, -0.1) is 5.10 Å². The average Bonchev–Trinajstić information content (AvgIpc) is 3.33. The summed E-state index contributed by atoms with van der Waals surface area (Å²) in [6.45, 7) is 6.46. The molecule has 0 amide bonds. The summed E-state index contributed by atoms with van der Waals surface area (Å²) >= 11 is 0. The van der Waals surface area contributed by atoms with Gasteiger partial charge in [0.05, 0.1) is 11.4 Å². The quantitative estimate of drug-likeness (QED) is 0.751. The van der Waals surface area contributed by atoms with E-state index in [4.69, 9.17) is 10.1 Å². The normalized spacial score (nSPS) is 22.2. The van der Waals surface area contributed by atoms with Crippen molar-refractivity contribution in [3.63, 3.8) is 0 Å². The predicted octanol–water partition coefficient (Wildman–Crippen LogP) is 1.80. The van der Waals surface area contributed by atoms with Gasteiger partial charge in [0.15, 0.2) is 5.65 Å². The highest BCUT2D eigenvalue weighted by Gasteiger charge is 2.36. The summed E-state index contributed by atoms with van der Waals surface area (Å²) < 4.78 is 1.98. The first-order valence-corrected chi connectivity index (χ1v) is 9.19. The first-order chi connectivity index (χ1) is 12.7. The summed E-state index contributed by atoms with van der Waals surface area (Å²) in [5.41, 5.74) is 3.96. The van der Waals surface area contributed by atoms with E-state index >= 15 is 0 Å². The van der Waals surface area contributed by atoms with Crippen molar-refractivity contribution in [2.45, 2.75) is 6.92 Å². The molecule has 2 fully saturated rings. The van der Waals surface area contributed by atoms with Crippen molar-refractivity contribution in [1.82, 2.24) is 24.9 Å². The molecule has 5 heterocycles. The topological polar surface area (TPSA) is 70.4 Å². The number of pyridine rings is 1. The van der Waals surface area contributed by atoms with E-state index < -0.39 is 0 Å². The lowest BCUT2D eigenvalue weighted by molar-refractivity contribution is 0.533. The van der Waals surface area contributed by atoms with E-state index in [9.17, 15) is 0 Å². The molecule has 134 valence electrons. The SMILES string of the molecule is CNc1cc(-c2c(C)nc3ccc(N4CC5CNCC5C4)nn23)ccn1. The summed E-state index contributed by atoms with van der Waals surface area (Å²) in [6.07, 6.45) is 1.82. The number of nitrogens with zero attached hydrogens (tertiary/aromatic N) is 5. The van der Waals surface area contributed by atoms with Crippen LogP contribution in [0.1, 0.15) is 5.69 Å². The second kappa shape index (κ2) is 5.95. The highest BCUT2D eigenvalue weighted by molar-refractivity contribution is 5.69. The lowest BCUT2D eigenvalue weighted by atomic mass is 10.0. The number of hydrogen-bond donors (Lipinski definition) is 2. The predicted molar refractivity (Wildman–Crippen MR) is 103 cm³/mol. The summed E-state index contributed by atoms with van der Waals surface area (Å²) in [5.74, 6) is 3.37. The lowest BCUT2D eigenvalue weighted by Gasteiger charge is -2.18. The number of fused-ring (bicyclic) bond motifs is 2. The van der Waals surface area contributed by atoms with Crippen LogP contribution >= 0.6 is 0 Å². The molecule has 0 bridgehead atoms. The Morgan fingerprint density at radius 1 is 1.15 bits per heavy atom. The van der Waals surface area contributed by atoms with Crippen LogP contribution in [0.25, 0.3) is 16.9 Å². The van der Waals surface area contributed by atoms with Crippen LogP contribution in [0.4, 0.5) is 11.6 Å². The van der Waals surface area contributed by atoms with Crippen LogP contribution < -0.4 is 15.5 Å². The fourth-order valence-corrected chi connectivity index (χ4v) is 4.29. The molecule has 0 radical (unpaired) electrons. The molecule has 3 aromatic rings. The van der Waals surface area contributed by atoms with Crippen LogP contribution in [0.2, 0.25) is 0 Å². The highest BCUT2D eigenvalue weighted by Crippen LogP contribution is 2.31. The molecule has 3 aromatic heterocycles. The largest absolute Gasteiger partial charge is 0.373 e. The number of imidazole rings is 1. The summed E-state index contributed by atoms with van der Waals surface area (Å²) in [7, 11) is 1.88. The second-order valence-corrected chi connectivity index (χ2v) is 7.27. The van der Waals surface area contributed by atoms with Gasteiger partial charge in [0, 0.05) is 45.0 Å². The fraction of sp³-hybridized carbons (Fsp3) is 0.421. The van der Waals surface area contributed by atoms with E-state index in [1.165, 1.54) is 0 Å². The number of nitrogens with one attached hydrogen (secondary N) is 2. The minimum Gasteiger partial charge on any atom is -0.373 e. The molecule has 5 rings (SSSR count). The van der Waals surface area contributed by atoms with Crippen molar-refractivity contribution in [3.8, 4) is 11.3 Å². The van der Waals surface area contributed by atoms with Crippen molar-refractivity contribution < 1.29 is 0 Å². The Morgan fingerprint density at radius 2 is 1.96 bits per heavy atom. The molecule has 0 aromatic carbocycles. The molecule has 2 aliphatic rings. The smallest absolute Gasteiger partial charge is 0.154 e.